The van der Waals surface area contributed by atoms with Crippen LogP contribution in [-0.4, -0.2) is 29.2 Å². The van der Waals surface area contributed by atoms with E-state index in [9.17, 15) is 0 Å². The van der Waals surface area contributed by atoms with Gasteiger partial charge in [0, 0.05) is 25.6 Å². The SMILES string of the molecule is CCc1nc(N)cc(NCC2CCCCO2)n1. The quantitative estimate of drug-likeness (QED) is 0.830. The molecular weight excluding hydrogens is 216 g/mol. The molecule has 5 nitrogen and oxygen atoms in total. The second-order valence-corrected chi connectivity index (χ2v) is 4.32. The van der Waals surface area contributed by atoms with Crippen molar-refractivity contribution in [2.75, 3.05) is 24.2 Å². The van der Waals surface area contributed by atoms with Crippen LogP contribution in [0.25, 0.3) is 0 Å². The third-order valence-corrected chi connectivity index (χ3v) is 2.89. The van der Waals surface area contributed by atoms with Crippen LogP contribution in [0.4, 0.5) is 11.6 Å². The molecule has 2 heterocycles. The van der Waals surface area contributed by atoms with Gasteiger partial charge < -0.3 is 15.8 Å². The molecule has 3 N–H and O–H groups in total. The molecule has 5 heteroatoms. The number of anilines is 2. The molecule has 0 aromatic carbocycles. The van der Waals surface area contributed by atoms with E-state index >= 15 is 0 Å². The lowest BCUT2D eigenvalue weighted by Crippen LogP contribution is -2.27. The Balaban J connectivity index is 1.91. The van der Waals surface area contributed by atoms with Crippen molar-refractivity contribution in [2.45, 2.75) is 38.7 Å². The standard InChI is InChI=1S/C12H20N4O/c1-2-11-15-10(13)7-12(16-11)14-8-9-5-3-4-6-17-9/h7,9H,2-6,8H2,1H3,(H3,13,14,15,16). The summed E-state index contributed by atoms with van der Waals surface area (Å²) in [5.41, 5.74) is 5.72. The van der Waals surface area contributed by atoms with E-state index in [2.05, 4.69) is 15.3 Å². The summed E-state index contributed by atoms with van der Waals surface area (Å²) in [5, 5.41) is 3.27. The predicted octanol–water partition coefficient (Wildman–Crippen LogP) is 1.60. The zero-order valence-electron chi connectivity index (χ0n) is 10.3. The summed E-state index contributed by atoms with van der Waals surface area (Å²) in [4.78, 5) is 8.52. The van der Waals surface area contributed by atoms with Gasteiger partial charge in [-0.3, -0.25) is 0 Å². The molecule has 1 saturated heterocycles. The number of aryl methyl sites for hydroxylation is 1. The van der Waals surface area contributed by atoms with Crippen LogP contribution in [0, 0.1) is 0 Å². The summed E-state index contributed by atoms with van der Waals surface area (Å²) >= 11 is 0. The highest BCUT2D eigenvalue weighted by atomic mass is 16.5. The molecule has 1 aliphatic heterocycles. The molecule has 0 amide bonds. The van der Waals surface area contributed by atoms with Gasteiger partial charge in [0.1, 0.15) is 17.5 Å². The highest BCUT2D eigenvalue weighted by Crippen LogP contribution is 2.14. The lowest BCUT2D eigenvalue weighted by atomic mass is 10.1. The number of nitrogens with zero attached hydrogens (tertiary/aromatic N) is 2. The first-order chi connectivity index (χ1) is 8.28. The summed E-state index contributed by atoms with van der Waals surface area (Å²) in [6, 6.07) is 1.77. The molecule has 94 valence electrons. The third-order valence-electron chi connectivity index (χ3n) is 2.89. The van der Waals surface area contributed by atoms with E-state index in [0.29, 0.717) is 11.9 Å². The fourth-order valence-corrected chi connectivity index (χ4v) is 1.95. The molecular formula is C12H20N4O. The van der Waals surface area contributed by atoms with Crippen LogP contribution in [-0.2, 0) is 11.2 Å². The van der Waals surface area contributed by atoms with Crippen LogP contribution in [0.1, 0.15) is 32.0 Å². The van der Waals surface area contributed by atoms with Crippen molar-refractivity contribution >= 4 is 11.6 Å². The Morgan fingerprint density at radius 1 is 1.47 bits per heavy atom. The zero-order valence-corrected chi connectivity index (χ0v) is 10.3. The van der Waals surface area contributed by atoms with Crippen LogP contribution >= 0.6 is 0 Å². The molecule has 1 unspecified atom stereocenters. The second-order valence-electron chi connectivity index (χ2n) is 4.32. The second kappa shape index (κ2) is 5.82. The van der Waals surface area contributed by atoms with Gasteiger partial charge in [0.15, 0.2) is 0 Å². The molecule has 1 aromatic heterocycles. The van der Waals surface area contributed by atoms with Crippen molar-refractivity contribution in [3.63, 3.8) is 0 Å². The van der Waals surface area contributed by atoms with E-state index in [1.54, 1.807) is 6.07 Å². The van der Waals surface area contributed by atoms with E-state index in [0.717, 1.165) is 37.6 Å². The molecule has 1 fully saturated rings. The Labute approximate surface area is 102 Å². The topological polar surface area (TPSA) is 73.1 Å². The van der Waals surface area contributed by atoms with Gasteiger partial charge in [-0.15, -0.1) is 0 Å². The van der Waals surface area contributed by atoms with E-state index in [-0.39, 0.29) is 0 Å². The average Bonchev–Trinajstić information content (AvgIpc) is 2.37. The molecule has 1 aromatic rings. The number of ether oxygens (including phenoxy) is 1. The van der Waals surface area contributed by atoms with E-state index in [1.165, 1.54) is 12.8 Å². The summed E-state index contributed by atoms with van der Waals surface area (Å²) in [5.74, 6) is 2.09. The first kappa shape index (κ1) is 12.1. The van der Waals surface area contributed by atoms with Gasteiger partial charge >= 0.3 is 0 Å². The number of nitrogens with one attached hydrogen (secondary N) is 1. The third kappa shape index (κ3) is 3.56. The highest BCUT2D eigenvalue weighted by molar-refractivity contribution is 5.44. The lowest BCUT2D eigenvalue weighted by Gasteiger charge is -2.23. The maximum absolute atomic E-state index is 5.72. The van der Waals surface area contributed by atoms with Crippen molar-refractivity contribution in [3.8, 4) is 0 Å². The normalized spacial score (nSPS) is 20.2. The Morgan fingerprint density at radius 2 is 2.35 bits per heavy atom. The molecule has 17 heavy (non-hydrogen) atoms. The molecule has 0 bridgehead atoms. The van der Waals surface area contributed by atoms with Gasteiger partial charge in [0.2, 0.25) is 0 Å². The molecule has 1 atom stereocenters. The lowest BCUT2D eigenvalue weighted by molar-refractivity contribution is 0.0247. The Bertz CT molecular complexity index is 364. The van der Waals surface area contributed by atoms with E-state index < -0.39 is 0 Å². The smallest absolute Gasteiger partial charge is 0.132 e. The number of hydrogen-bond donors (Lipinski definition) is 2. The molecule has 0 saturated carbocycles. The fraction of sp³-hybridized carbons (Fsp3) is 0.667. The maximum Gasteiger partial charge on any atom is 0.132 e. The first-order valence-electron chi connectivity index (χ1n) is 6.27. The van der Waals surface area contributed by atoms with Crippen LogP contribution in [0.2, 0.25) is 0 Å². The predicted molar refractivity (Wildman–Crippen MR) is 67.9 cm³/mol. The Morgan fingerprint density at radius 3 is 3.06 bits per heavy atom. The molecule has 2 rings (SSSR count). The first-order valence-corrected chi connectivity index (χ1v) is 6.27. The van der Waals surface area contributed by atoms with Crippen LogP contribution in [0.3, 0.4) is 0 Å². The average molecular weight is 236 g/mol. The maximum atomic E-state index is 5.72. The summed E-state index contributed by atoms with van der Waals surface area (Å²) in [6.07, 6.45) is 4.63. The minimum Gasteiger partial charge on any atom is -0.384 e. The number of nitrogens with two attached hydrogens (primary N) is 1. The van der Waals surface area contributed by atoms with Gasteiger partial charge in [0.25, 0.3) is 0 Å². The molecule has 0 radical (unpaired) electrons. The van der Waals surface area contributed by atoms with Crippen LogP contribution in [0.5, 0.6) is 0 Å². The highest BCUT2D eigenvalue weighted by Gasteiger charge is 2.13. The van der Waals surface area contributed by atoms with Crippen molar-refractivity contribution in [1.29, 1.82) is 0 Å². The molecule has 1 aliphatic rings. The van der Waals surface area contributed by atoms with Crippen molar-refractivity contribution in [1.82, 2.24) is 9.97 Å². The van der Waals surface area contributed by atoms with Crippen molar-refractivity contribution < 1.29 is 4.74 Å². The van der Waals surface area contributed by atoms with Gasteiger partial charge in [-0.25, -0.2) is 9.97 Å². The van der Waals surface area contributed by atoms with E-state index in [4.69, 9.17) is 10.5 Å². The van der Waals surface area contributed by atoms with Gasteiger partial charge in [-0.05, 0) is 19.3 Å². The van der Waals surface area contributed by atoms with Crippen LogP contribution in [0.15, 0.2) is 6.07 Å². The zero-order chi connectivity index (χ0) is 12.1. The summed E-state index contributed by atoms with van der Waals surface area (Å²) < 4.78 is 5.65. The number of aromatic nitrogens is 2. The minimum atomic E-state index is 0.296. The number of hydrogen-bond acceptors (Lipinski definition) is 5. The Hall–Kier alpha value is -1.36. The summed E-state index contributed by atoms with van der Waals surface area (Å²) in [6.45, 7) is 3.68. The molecule has 0 aliphatic carbocycles. The van der Waals surface area contributed by atoms with Crippen molar-refractivity contribution in [2.24, 2.45) is 0 Å². The number of rotatable bonds is 4. The number of nitrogen functional groups attached to an aromatic ring is 1. The summed E-state index contributed by atoms with van der Waals surface area (Å²) in [7, 11) is 0. The largest absolute Gasteiger partial charge is 0.384 e. The monoisotopic (exact) mass is 236 g/mol. The van der Waals surface area contributed by atoms with E-state index in [1.807, 2.05) is 6.92 Å². The fourth-order valence-electron chi connectivity index (χ4n) is 1.95. The van der Waals surface area contributed by atoms with Gasteiger partial charge in [-0.2, -0.15) is 0 Å². The van der Waals surface area contributed by atoms with Crippen molar-refractivity contribution in [3.05, 3.63) is 11.9 Å². The Kier molecular flexibility index (Phi) is 4.14. The minimum absolute atomic E-state index is 0.296. The van der Waals surface area contributed by atoms with Crippen LogP contribution < -0.4 is 11.1 Å². The van der Waals surface area contributed by atoms with Gasteiger partial charge in [-0.1, -0.05) is 6.92 Å². The van der Waals surface area contributed by atoms with Gasteiger partial charge in [0.05, 0.1) is 6.10 Å². The molecule has 0 spiro atoms.